The van der Waals surface area contributed by atoms with Crippen LogP contribution in [-0.4, -0.2) is 27.9 Å². The molecule has 6 heavy (non-hydrogen) atoms. The van der Waals surface area contributed by atoms with Crippen molar-refractivity contribution in [1.29, 1.82) is 10.8 Å². The van der Waals surface area contributed by atoms with Crippen LogP contribution in [0.3, 0.4) is 0 Å². The summed E-state index contributed by atoms with van der Waals surface area (Å²) in [6.45, 7) is 0. The predicted molar refractivity (Wildman–Crippen MR) is 20.8 cm³/mol. The summed E-state index contributed by atoms with van der Waals surface area (Å²) in [6.07, 6.45) is 0. The van der Waals surface area contributed by atoms with Crippen LogP contribution in [0, 0.1) is 14.1 Å². The zero-order valence-electron chi connectivity index (χ0n) is 3.34. The Morgan fingerprint density at radius 3 is 2.00 bits per heavy atom. The zero-order valence-corrected chi connectivity index (χ0v) is 5.34. The molecule has 0 atom stereocenters. The quantitative estimate of drug-likeness (QED) is 0.201. The minimum Gasteiger partial charge on any atom is -0.108 e. The molecule has 0 fully saturated rings. The first-order valence-corrected chi connectivity index (χ1v) is 2.15. The fourth-order valence-electron chi connectivity index (χ4n) is 0. The molecule has 0 amide bonds. The summed E-state index contributed by atoms with van der Waals surface area (Å²) >= 11 is 0.674. The van der Waals surface area contributed by atoms with E-state index < -0.39 is 0 Å². The van der Waals surface area contributed by atoms with E-state index in [2.05, 4.69) is 0 Å². The van der Waals surface area contributed by atoms with Crippen molar-refractivity contribution in [2.75, 3.05) is 0 Å². The van der Waals surface area contributed by atoms with Gasteiger partial charge < -0.3 is 0 Å². The maximum atomic E-state index is 7.38. The van der Waals surface area contributed by atoms with Crippen LogP contribution in [0.15, 0.2) is 0 Å². The number of rotatable bonds is 0. The Morgan fingerprint density at radius 1 is 2.00 bits per heavy atom. The molecule has 26 valence electrons. The zero-order chi connectivity index (χ0) is 5.41. The number of nitriles is 1. The molecular weight excluding hydrogens is 91.0 g/mol. The topological polar surface area (TPSA) is 84.0 Å². The first-order valence-electron chi connectivity index (χ1n) is 1.15. The van der Waals surface area contributed by atoms with Crippen molar-refractivity contribution < 1.29 is 0 Å². The fourth-order valence-corrected chi connectivity index (χ4v) is 0. The average molecular weight is 92.0 g/mol. The van der Waals surface area contributed by atoms with E-state index in [0.29, 0.717) is 27.9 Å². The van der Waals surface area contributed by atoms with Gasteiger partial charge in [-0.3, -0.25) is 0 Å². The van der Waals surface area contributed by atoms with E-state index in [-0.39, 0.29) is 0 Å². The van der Waals surface area contributed by atoms with Gasteiger partial charge in [-0.25, -0.2) is 0 Å². The van der Waals surface area contributed by atoms with Crippen molar-refractivity contribution in [3.8, 4) is 3.32 Å². The summed E-state index contributed by atoms with van der Waals surface area (Å²) in [7, 11) is 0. The summed E-state index contributed by atoms with van der Waals surface area (Å²) in [5, 5.41) is 7.38. The second-order valence-electron chi connectivity index (χ2n) is 0.324. The maximum Gasteiger partial charge on any atom is -0.00208 e. The van der Waals surface area contributed by atoms with E-state index in [0.717, 1.165) is 0 Å². The Balaban J connectivity index is 0. The summed E-state index contributed by atoms with van der Waals surface area (Å²) in [5.41, 5.74) is 12.2. The van der Waals surface area contributed by atoms with Gasteiger partial charge in [0.25, 0.3) is 0 Å². The summed E-state index contributed by atoms with van der Waals surface area (Å²) < 4.78 is 1.89. The van der Waals surface area contributed by atoms with Crippen LogP contribution in [0.5, 0.6) is 0 Å². The first kappa shape index (κ1) is 9.25. The Morgan fingerprint density at radius 2 is 2.00 bits per heavy atom. The molecule has 0 spiro atoms. The van der Waals surface area contributed by atoms with Crippen LogP contribution in [-0.2, 0) is 0 Å². The predicted octanol–water partition coefficient (Wildman–Crippen LogP) is 0.511. The molecule has 0 saturated carbocycles. The van der Waals surface area contributed by atoms with Gasteiger partial charge in [0.05, 0.1) is 0 Å². The van der Waals surface area contributed by atoms with Crippen LogP contribution < -0.4 is 0 Å². The van der Waals surface area contributed by atoms with E-state index in [9.17, 15) is 0 Å². The molecule has 0 aromatic carbocycles. The molecule has 0 aliphatic rings. The molecule has 0 aromatic rings. The van der Waals surface area contributed by atoms with Crippen molar-refractivity contribution in [3.63, 3.8) is 0 Å². The van der Waals surface area contributed by atoms with Crippen molar-refractivity contribution in [2.24, 2.45) is 0 Å². The van der Waals surface area contributed by atoms with Gasteiger partial charge >= 0.3 is 36.5 Å². The molecule has 0 heterocycles. The standard InChI is InChI=1S/CN.HN3.Na/c1-2;1-3-2;/h;1H;. The number of hydrogen-bond acceptors (Lipinski definition) is 2. The third-order valence-electron chi connectivity index (χ3n) is 0. The van der Waals surface area contributed by atoms with Crippen LogP contribution >= 0.6 is 0 Å². The Bertz CT molecular complexity index is 74.0. The van der Waals surface area contributed by atoms with Crippen molar-refractivity contribution >= 4 is 27.9 Å². The van der Waals surface area contributed by atoms with E-state index in [1.807, 2.05) is 3.32 Å². The van der Waals surface area contributed by atoms with Crippen LogP contribution in [0.1, 0.15) is 0 Å². The van der Waals surface area contributed by atoms with E-state index in [1.165, 1.54) is 0 Å². The summed E-state index contributed by atoms with van der Waals surface area (Å²) in [4.78, 5) is 1.75. The number of nitrogens with zero attached hydrogens (tertiary/aromatic N) is 3. The molecule has 0 aliphatic carbocycles. The Hall–Kier alpha value is -0.200. The fraction of sp³-hybridized carbons (Fsp3) is 0. The normalized spacial score (nSPS) is 2.83. The molecule has 0 aromatic heterocycles. The van der Waals surface area contributed by atoms with Gasteiger partial charge in [0.15, 0.2) is 0 Å². The minimum absolute atomic E-state index is 0.674. The van der Waals surface area contributed by atoms with E-state index in [4.69, 9.17) is 16.3 Å². The van der Waals surface area contributed by atoms with Crippen molar-refractivity contribution in [1.82, 2.24) is 0 Å². The number of hydrogen-bond donors (Lipinski definition) is 1. The van der Waals surface area contributed by atoms with Crippen molar-refractivity contribution in [2.45, 2.75) is 0 Å². The summed E-state index contributed by atoms with van der Waals surface area (Å²) in [5.74, 6) is 0. The maximum absolute atomic E-state index is 7.38. The monoisotopic (exact) mass is 92.0 g/mol. The van der Waals surface area contributed by atoms with Crippen molar-refractivity contribution in [3.05, 3.63) is 10.4 Å². The molecule has 0 bridgehead atoms. The Kier molecular flexibility index (Phi) is 33.0. The molecule has 4 nitrogen and oxygen atoms in total. The second-order valence-corrected chi connectivity index (χ2v) is 0.771. The van der Waals surface area contributed by atoms with Gasteiger partial charge in [-0.15, -0.1) is 5.53 Å². The Labute approximate surface area is 52.6 Å². The van der Waals surface area contributed by atoms with Gasteiger partial charge in [-0.1, -0.05) is 0 Å². The molecule has 0 rings (SSSR count). The third-order valence-corrected chi connectivity index (χ3v) is 0. The molecule has 1 N–H and O–H groups in total. The summed E-state index contributed by atoms with van der Waals surface area (Å²) in [6, 6.07) is 0. The van der Waals surface area contributed by atoms with Gasteiger partial charge in [0.1, 0.15) is 0 Å². The van der Waals surface area contributed by atoms with Crippen LogP contribution in [0.2, 0.25) is 0 Å². The van der Waals surface area contributed by atoms with E-state index in [1.54, 1.807) is 4.91 Å². The molecule has 0 aliphatic heterocycles. The average Bonchev–Trinajstić information content (AvgIpc) is 1.39. The largest absolute Gasteiger partial charge is 0.108 e. The SMILES string of the molecule is N#[C][Na].[N-]=[N+]=N. The molecule has 0 unspecified atom stereocenters. The molecule has 0 radical (unpaired) electrons. The smallest absolute Gasteiger partial charge is 0.00208 e. The van der Waals surface area contributed by atoms with Crippen LogP contribution in [0.25, 0.3) is 10.4 Å². The first-order chi connectivity index (χ1) is 2.83. The molecule has 0 saturated heterocycles. The van der Waals surface area contributed by atoms with Crippen LogP contribution in [0.4, 0.5) is 0 Å². The van der Waals surface area contributed by atoms with Gasteiger partial charge in [-0.2, -0.15) is 0 Å². The van der Waals surface area contributed by atoms with Gasteiger partial charge in [0, 0.05) is 0 Å². The molecular formula is CHN4Na. The van der Waals surface area contributed by atoms with Gasteiger partial charge in [-0.05, 0) is 10.4 Å². The van der Waals surface area contributed by atoms with E-state index >= 15 is 0 Å². The minimum atomic E-state index is 0.674. The molecule has 5 heteroatoms. The van der Waals surface area contributed by atoms with Gasteiger partial charge in [0.2, 0.25) is 0 Å². The number of nitrogens with one attached hydrogen (secondary N) is 1. The third kappa shape index (κ3) is 745. The second kappa shape index (κ2) is 21.4.